The Kier molecular flexibility index (Phi) is 11.3. The summed E-state index contributed by atoms with van der Waals surface area (Å²) in [6, 6.07) is 0.433. The average molecular weight is 350 g/mol. The molecule has 0 radical (unpaired) electrons. The minimum Gasteiger partial charge on any atom is -0.481 e. The van der Waals surface area contributed by atoms with Crippen molar-refractivity contribution in [3.05, 3.63) is 12.2 Å². The van der Waals surface area contributed by atoms with Crippen LogP contribution in [-0.2, 0) is 4.79 Å². The number of rotatable bonds is 11. The molecule has 142 valence electrons. The fraction of sp³-hybridized carbons (Fsp3) is 0.762. The zero-order valence-electron chi connectivity index (χ0n) is 15.9. The van der Waals surface area contributed by atoms with E-state index in [4.69, 9.17) is 5.11 Å². The van der Waals surface area contributed by atoms with Crippen LogP contribution in [0.2, 0.25) is 0 Å². The lowest BCUT2D eigenvalue weighted by atomic mass is 10.00. The van der Waals surface area contributed by atoms with Gasteiger partial charge in [-0.15, -0.1) is 11.8 Å². The Morgan fingerprint density at radius 3 is 2.76 bits per heavy atom. The van der Waals surface area contributed by atoms with E-state index < -0.39 is 12.1 Å². The van der Waals surface area contributed by atoms with Crippen molar-refractivity contribution in [3.8, 4) is 11.8 Å². The first-order valence-electron chi connectivity index (χ1n) is 9.82. The summed E-state index contributed by atoms with van der Waals surface area (Å²) in [6.45, 7) is 6.27. The number of aliphatic hydroxyl groups is 1. The van der Waals surface area contributed by atoms with Gasteiger partial charge in [0.15, 0.2) is 0 Å². The Hall–Kier alpha value is -1.31. The standard InChI is InChI=1S/C21H35NO3/c1-3-4-7-11-18(2)20(23)15-14-19-12-10-17-22(19)16-9-6-5-8-13-21(24)25/h14-15,18-20,23H,3,5-6,8-13,16-17H2,1-2H3,(H,24,25)/b15-14+/t18-,19-,20-/m1/s1. The van der Waals surface area contributed by atoms with E-state index in [9.17, 15) is 9.90 Å². The van der Waals surface area contributed by atoms with Gasteiger partial charge in [0, 0.05) is 25.3 Å². The number of nitrogens with zero attached hydrogens (tertiary/aromatic N) is 1. The van der Waals surface area contributed by atoms with Crippen molar-refractivity contribution in [2.45, 2.75) is 83.8 Å². The number of likely N-dealkylation sites (tertiary alicyclic amines) is 1. The van der Waals surface area contributed by atoms with Crippen molar-refractivity contribution in [2.24, 2.45) is 5.92 Å². The summed E-state index contributed by atoms with van der Waals surface area (Å²) in [7, 11) is 0. The molecular formula is C21H35NO3. The summed E-state index contributed by atoms with van der Waals surface area (Å²) in [6.07, 6.45) is 12.0. The molecule has 4 heteroatoms. The lowest BCUT2D eigenvalue weighted by molar-refractivity contribution is -0.137. The first-order chi connectivity index (χ1) is 12.0. The Morgan fingerprint density at radius 1 is 1.28 bits per heavy atom. The van der Waals surface area contributed by atoms with Crippen LogP contribution in [0.4, 0.5) is 0 Å². The molecule has 0 unspecified atom stereocenters. The molecule has 0 spiro atoms. The van der Waals surface area contributed by atoms with Gasteiger partial charge >= 0.3 is 5.97 Å². The molecule has 0 aromatic carbocycles. The minimum atomic E-state index is -0.696. The van der Waals surface area contributed by atoms with E-state index in [1.165, 1.54) is 6.42 Å². The monoisotopic (exact) mass is 349 g/mol. The predicted octanol–water partition coefficient (Wildman–Crippen LogP) is 3.84. The number of carboxylic acid groups (broad SMARTS) is 1. The largest absolute Gasteiger partial charge is 0.481 e. The van der Waals surface area contributed by atoms with E-state index in [0.717, 1.165) is 58.0 Å². The maximum atomic E-state index is 10.5. The van der Waals surface area contributed by atoms with Crippen LogP contribution in [0.3, 0.4) is 0 Å². The highest BCUT2D eigenvalue weighted by atomic mass is 16.4. The normalized spacial score (nSPS) is 20.4. The van der Waals surface area contributed by atoms with Crippen LogP contribution < -0.4 is 0 Å². The Labute approximate surface area is 153 Å². The van der Waals surface area contributed by atoms with E-state index in [2.05, 4.69) is 22.8 Å². The van der Waals surface area contributed by atoms with Crippen LogP contribution in [0.1, 0.15) is 71.6 Å². The zero-order chi connectivity index (χ0) is 18.5. The summed E-state index contributed by atoms with van der Waals surface area (Å²) in [5, 5.41) is 18.9. The van der Waals surface area contributed by atoms with Crippen molar-refractivity contribution in [1.82, 2.24) is 4.90 Å². The van der Waals surface area contributed by atoms with Crippen LogP contribution in [-0.4, -0.2) is 46.3 Å². The van der Waals surface area contributed by atoms with Gasteiger partial charge in [0.2, 0.25) is 0 Å². The van der Waals surface area contributed by atoms with Crippen LogP contribution in [0.25, 0.3) is 0 Å². The zero-order valence-corrected chi connectivity index (χ0v) is 15.9. The second kappa shape index (κ2) is 13.0. The van der Waals surface area contributed by atoms with Crippen molar-refractivity contribution in [1.29, 1.82) is 0 Å². The minimum absolute atomic E-state index is 0.166. The molecule has 1 aliphatic rings. The van der Waals surface area contributed by atoms with Gasteiger partial charge in [-0.05, 0) is 44.7 Å². The first-order valence-corrected chi connectivity index (χ1v) is 9.82. The number of aliphatic carboxylic acids is 1. The molecule has 1 saturated heterocycles. The first kappa shape index (κ1) is 21.7. The molecule has 0 amide bonds. The van der Waals surface area contributed by atoms with E-state index in [-0.39, 0.29) is 12.3 Å². The van der Waals surface area contributed by atoms with Crippen LogP contribution in [0.5, 0.6) is 0 Å². The topological polar surface area (TPSA) is 60.8 Å². The molecule has 4 nitrogen and oxygen atoms in total. The van der Waals surface area contributed by atoms with Gasteiger partial charge in [0.25, 0.3) is 0 Å². The average Bonchev–Trinajstić information content (AvgIpc) is 3.03. The number of carboxylic acids is 1. The fourth-order valence-corrected chi connectivity index (χ4v) is 3.20. The summed E-state index contributed by atoms with van der Waals surface area (Å²) < 4.78 is 0. The molecule has 0 aliphatic carbocycles. The Bertz CT molecular complexity index is 463. The molecule has 1 heterocycles. The van der Waals surface area contributed by atoms with E-state index >= 15 is 0 Å². The van der Waals surface area contributed by atoms with Gasteiger partial charge in [-0.25, -0.2) is 0 Å². The SMILES string of the molecule is CCC#CC[C@@H](C)[C@H](O)/C=C/[C@H]1CCCN1CCCCCCC(=O)O. The Balaban J connectivity index is 2.28. The summed E-state index contributed by atoms with van der Waals surface area (Å²) in [5.74, 6) is 5.64. The number of unbranched alkanes of at least 4 members (excludes halogenated alkanes) is 3. The quantitative estimate of drug-likeness (QED) is 0.338. The molecule has 25 heavy (non-hydrogen) atoms. The van der Waals surface area contributed by atoms with Crippen molar-refractivity contribution in [2.75, 3.05) is 13.1 Å². The summed E-state index contributed by atoms with van der Waals surface area (Å²) in [5.41, 5.74) is 0. The highest BCUT2D eigenvalue weighted by Crippen LogP contribution is 2.20. The number of aliphatic hydroxyl groups excluding tert-OH is 1. The summed E-state index contributed by atoms with van der Waals surface area (Å²) in [4.78, 5) is 13.0. The van der Waals surface area contributed by atoms with Crippen molar-refractivity contribution >= 4 is 5.97 Å². The van der Waals surface area contributed by atoms with Gasteiger partial charge in [-0.1, -0.05) is 38.8 Å². The molecular weight excluding hydrogens is 314 g/mol. The molecule has 0 aromatic rings. The van der Waals surface area contributed by atoms with E-state index in [1.54, 1.807) is 0 Å². The summed E-state index contributed by atoms with van der Waals surface area (Å²) >= 11 is 0. The number of hydrogen-bond acceptors (Lipinski definition) is 3. The number of carbonyl (C=O) groups is 1. The third kappa shape index (κ3) is 9.67. The van der Waals surface area contributed by atoms with Crippen LogP contribution in [0.15, 0.2) is 12.2 Å². The lowest BCUT2D eigenvalue weighted by Gasteiger charge is -2.22. The molecule has 1 fully saturated rings. The molecule has 2 N–H and O–H groups in total. The molecule has 1 aliphatic heterocycles. The fourth-order valence-electron chi connectivity index (χ4n) is 3.20. The lowest BCUT2D eigenvalue weighted by Crippen LogP contribution is -2.29. The van der Waals surface area contributed by atoms with E-state index in [0.29, 0.717) is 6.04 Å². The van der Waals surface area contributed by atoms with Gasteiger partial charge in [0.05, 0.1) is 6.10 Å². The highest BCUT2D eigenvalue weighted by molar-refractivity contribution is 5.66. The Morgan fingerprint density at radius 2 is 2.04 bits per heavy atom. The molecule has 3 atom stereocenters. The smallest absolute Gasteiger partial charge is 0.303 e. The number of hydrogen-bond donors (Lipinski definition) is 2. The van der Waals surface area contributed by atoms with Crippen LogP contribution in [0, 0.1) is 17.8 Å². The van der Waals surface area contributed by atoms with Gasteiger partial charge in [-0.3, -0.25) is 9.69 Å². The molecule has 1 rings (SSSR count). The molecule has 0 bridgehead atoms. The van der Waals surface area contributed by atoms with Crippen molar-refractivity contribution < 1.29 is 15.0 Å². The van der Waals surface area contributed by atoms with E-state index in [1.807, 2.05) is 19.9 Å². The third-order valence-electron chi connectivity index (χ3n) is 4.84. The van der Waals surface area contributed by atoms with Gasteiger partial charge < -0.3 is 10.2 Å². The van der Waals surface area contributed by atoms with Gasteiger partial charge in [-0.2, -0.15) is 0 Å². The second-order valence-corrected chi connectivity index (χ2v) is 7.07. The molecule has 0 saturated carbocycles. The maximum absolute atomic E-state index is 10.5. The van der Waals surface area contributed by atoms with Crippen LogP contribution >= 0.6 is 0 Å². The second-order valence-electron chi connectivity index (χ2n) is 7.07. The van der Waals surface area contributed by atoms with Crippen molar-refractivity contribution in [3.63, 3.8) is 0 Å². The van der Waals surface area contributed by atoms with Gasteiger partial charge in [0.1, 0.15) is 0 Å². The third-order valence-corrected chi connectivity index (χ3v) is 4.84. The predicted molar refractivity (Wildman–Crippen MR) is 102 cm³/mol. The highest BCUT2D eigenvalue weighted by Gasteiger charge is 2.22. The molecule has 0 aromatic heterocycles. The maximum Gasteiger partial charge on any atom is 0.303 e.